The van der Waals surface area contributed by atoms with Crippen LogP contribution in [0.25, 0.3) is 0 Å². The lowest BCUT2D eigenvalue weighted by atomic mass is 10.1. The standard InChI is InChI=1S/C17H18F2N4O.ClH/c18-14-3-1-2-12(17(14)19)10-16(24)22-15-5-4-13(11-21-15)23-8-6-20-7-9-23;/h1-5,11,20H,6-10H2,(H,21,22,24);1H. The second-order valence-corrected chi connectivity index (χ2v) is 5.58. The zero-order valence-corrected chi connectivity index (χ0v) is 14.3. The third kappa shape index (κ3) is 4.87. The Hall–Kier alpha value is -2.25. The van der Waals surface area contributed by atoms with E-state index in [1.807, 2.05) is 6.07 Å². The number of piperazine rings is 1. The fourth-order valence-corrected chi connectivity index (χ4v) is 2.62. The third-order valence-corrected chi connectivity index (χ3v) is 3.88. The summed E-state index contributed by atoms with van der Waals surface area (Å²) in [5.41, 5.74) is 1.01. The Morgan fingerprint density at radius 2 is 1.96 bits per heavy atom. The van der Waals surface area contributed by atoms with Crippen molar-refractivity contribution in [3.8, 4) is 0 Å². The van der Waals surface area contributed by atoms with Crippen LogP contribution in [0.2, 0.25) is 0 Å². The lowest BCUT2D eigenvalue weighted by molar-refractivity contribution is -0.115. The second-order valence-electron chi connectivity index (χ2n) is 5.58. The van der Waals surface area contributed by atoms with E-state index in [0.29, 0.717) is 5.82 Å². The van der Waals surface area contributed by atoms with Gasteiger partial charge in [-0.3, -0.25) is 4.79 Å². The van der Waals surface area contributed by atoms with E-state index in [9.17, 15) is 13.6 Å². The lowest BCUT2D eigenvalue weighted by Gasteiger charge is -2.29. The SMILES string of the molecule is Cl.O=C(Cc1cccc(F)c1F)Nc1ccc(N2CCNCC2)cn1. The summed E-state index contributed by atoms with van der Waals surface area (Å²) < 4.78 is 26.7. The molecule has 1 aromatic carbocycles. The van der Waals surface area contributed by atoms with E-state index in [-0.39, 0.29) is 24.4 Å². The van der Waals surface area contributed by atoms with Crippen molar-refractivity contribution in [1.29, 1.82) is 0 Å². The number of halogens is 3. The quantitative estimate of drug-likeness (QED) is 0.870. The molecule has 2 N–H and O–H groups in total. The molecule has 3 rings (SSSR count). The molecule has 1 aromatic heterocycles. The Bertz CT molecular complexity index is 721. The summed E-state index contributed by atoms with van der Waals surface area (Å²) in [6, 6.07) is 7.38. The van der Waals surface area contributed by atoms with Gasteiger partial charge in [0, 0.05) is 31.7 Å². The van der Waals surface area contributed by atoms with E-state index < -0.39 is 17.5 Å². The number of nitrogens with zero attached hydrogens (tertiary/aromatic N) is 2. The average Bonchev–Trinajstić information content (AvgIpc) is 2.60. The van der Waals surface area contributed by atoms with Crippen LogP contribution in [0.4, 0.5) is 20.3 Å². The fourth-order valence-electron chi connectivity index (χ4n) is 2.62. The molecule has 0 unspecified atom stereocenters. The molecule has 1 aliphatic heterocycles. The maximum Gasteiger partial charge on any atom is 0.230 e. The van der Waals surface area contributed by atoms with Gasteiger partial charge in [0.15, 0.2) is 11.6 Å². The van der Waals surface area contributed by atoms with Crippen molar-refractivity contribution in [3.05, 3.63) is 53.7 Å². The molecule has 25 heavy (non-hydrogen) atoms. The zero-order valence-electron chi connectivity index (χ0n) is 13.5. The summed E-state index contributed by atoms with van der Waals surface area (Å²) in [5, 5.41) is 5.87. The number of carbonyl (C=O) groups is 1. The number of aromatic nitrogens is 1. The smallest absolute Gasteiger partial charge is 0.230 e. The Morgan fingerprint density at radius 1 is 1.20 bits per heavy atom. The van der Waals surface area contributed by atoms with E-state index >= 15 is 0 Å². The van der Waals surface area contributed by atoms with Gasteiger partial charge in [0.25, 0.3) is 0 Å². The Labute approximate surface area is 150 Å². The molecule has 0 aliphatic carbocycles. The van der Waals surface area contributed by atoms with Gasteiger partial charge in [-0.25, -0.2) is 13.8 Å². The van der Waals surface area contributed by atoms with Crippen LogP contribution in [0.15, 0.2) is 36.5 Å². The number of anilines is 2. The van der Waals surface area contributed by atoms with Gasteiger partial charge in [0.05, 0.1) is 18.3 Å². The van der Waals surface area contributed by atoms with E-state index in [4.69, 9.17) is 0 Å². The molecule has 5 nitrogen and oxygen atoms in total. The van der Waals surface area contributed by atoms with E-state index in [0.717, 1.165) is 37.9 Å². The minimum Gasteiger partial charge on any atom is -0.368 e. The van der Waals surface area contributed by atoms with Gasteiger partial charge in [-0.15, -0.1) is 12.4 Å². The van der Waals surface area contributed by atoms with Crippen molar-refractivity contribution >= 4 is 29.8 Å². The molecule has 0 radical (unpaired) electrons. The van der Waals surface area contributed by atoms with Crippen LogP contribution in [0.3, 0.4) is 0 Å². The molecular formula is C17H19ClF2N4O. The third-order valence-electron chi connectivity index (χ3n) is 3.88. The van der Waals surface area contributed by atoms with Crippen molar-refractivity contribution < 1.29 is 13.6 Å². The molecule has 134 valence electrons. The summed E-state index contributed by atoms with van der Waals surface area (Å²) >= 11 is 0. The fraction of sp³-hybridized carbons (Fsp3) is 0.294. The molecule has 0 bridgehead atoms. The van der Waals surface area contributed by atoms with Crippen LogP contribution >= 0.6 is 12.4 Å². The molecule has 0 spiro atoms. The van der Waals surface area contributed by atoms with Crippen LogP contribution in [0, 0.1) is 11.6 Å². The number of carbonyl (C=O) groups excluding carboxylic acids is 1. The van der Waals surface area contributed by atoms with Crippen LogP contribution in [-0.2, 0) is 11.2 Å². The number of hydrogen-bond acceptors (Lipinski definition) is 4. The molecule has 1 amide bonds. The van der Waals surface area contributed by atoms with Crippen molar-refractivity contribution in [2.24, 2.45) is 0 Å². The van der Waals surface area contributed by atoms with Crippen LogP contribution < -0.4 is 15.5 Å². The summed E-state index contributed by atoms with van der Waals surface area (Å²) in [6.45, 7) is 3.67. The summed E-state index contributed by atoms with van der Waals surface area (Å²) in [6.07, 6.45) is 1.45. The van der Waals surface area contributed by atoms with E-state index in [1.54, 1.807) is 12.3 Å². The monoisotopic (exact) mass is 368 g/mol. The first-order valence-corrected chi connectivity index (χ1v) is 7.78. The highest BCUT2D eigenvalue weighted by Crippen LogP contribution is 2.16. The van der Waals surface area contributed by atoms with Crippen molar-refractivity contribution in [1.82, 2.24) is 10.3 Å². The Kier molecular flexibility index (Phi) is 6.66. The van der Waals surface area contributed by atoms with Gasteiger partial charge in [-0.2, -0.15) is 0 Å². The summed E-state index contributed by atoms with van der Waals surface area (Å²) in [7, 11) is 0. The second kappa shape index (κ2) is 8.73. The van der Waals surface area contributed by atoms with Gasteiger partial charge in [0.1, 0.15) is 5.82 Å². The van der Waals surface area contributed by atoms with Crippen LogP contribution in [0.5, 0.6) is 0 Å². The topological polar surface area (TPSA) is 57.3 Å². The summed E-state index contributed by atoms with van der Waals surface area (Å²) in [4.78, 5) is 18.4. The number of amides is 1. The predicted molar refractivity (Wildman–Crippen MR) is 95.3 cm³/mol. The Morgan fingerprint density at radius 3 is 2.64 bits per heavy atom. The molecule has 8 heteroatoms. The van der Waals surface area contributed by atoms with Crippen molar-refractivity contribution in [2.45, 2.75) is 6.42 Å². The van der Waals surface area contributed by atoms with Gasteiger partial charge in [-0.05, 0) is 18.2 Å². The molecular weight excluding hydrogens is 350 g/mol. The first-order valence-electron chi connectivity index (χ1n) is 7.78. The van der Waals surface area contributed by atoms with Crippen molar-refractivity contribution in [2.75, 3.05) is 36.4 Å². The maximum absolute atomic E-state index is 13.6. The van der Waals surface area contributed by atoms with E-state index in [1.165, 1.54) is 12.1 Å². The summed E-state index contributed by atoms with van der Waals surface area (Å²) in [5.74, 6) is -2.01. The number of benzene rings is 1. The van der Waals surface area contributed by atoms with Gasteiger partial charge in [-0.1, -0.05) is 12.1 Å². The van der Waals surface area contributed by atoms with Crippen LogP contribution in [-0.4, -0.2) is 37.1 Å². The number of hydrogen-bond donors (Lipinski definition) is 2. The first-order chi connectivity index (χ1) is 11.6. The molecule has 1 saturated heterocycles. The normalized spacial score (nSPS) is 13.9. The minimum atomic E-state index is -0.991. The number of pyridine rings is 1. The molecule has 2 aromatic rings. The highest BCUT2D eigenvalue weighted by atomic mass is 35.5. The number of rotatable bonds is 4. The number of nitrogens with one attached hydrogen (secondary N) is 2. The minimum absolute atomic E-state index is 0. The van der Waals surface area contributed by atoms with Gasteiger partial charge >= 0.3 is 0 Å². The van der Waals surface area contributed by atoms with Crippen molar-refractivity contribution in [3.63, 3.8) is 0 Å². The molecule has 1 aliphatic rings. The molecule has 0 saturated carbocycles. The molecule has 2 heterocycles. The molecule has 1 fully saturated rings. The highest BCUT2D eigenvalue weighted by molar-refractivity contribution is 5.91. The van der Waals surface area contributed by atoms with Crippen LogP contribution in [0.1, 0.15) is 5.56 Å². The predicted octanol–water partition coefficient (Wildman–Crippen LogP) is 2.37. The lowest BCUT2D eigenvalue weighted by Crippen LogP contribution is -2.43. The zero-order chi connectivity index (χ0) is 16.9. The Balaban J connectivity index is 0.00000225. The van der Waals surface area contributed by atoms with Gasteiger partial charge in [0.2, 0.25) is 5.91 Å². The van der Waals surface area contributed by atoms with E-state index in [2.05, 4.69) is 20.5 Å². The largest absolute Gasteiger partial charge is 0.368 e. The first kappa shape index (κ1) is 19.1. The van der Waals surface area contributed by atoms with Gasteiger partial charge < -0.3 is 15.5 Å². The average molecular weight is 369 g/mol. The highest BCUT2D eigenvalue weighted by Gasteiger charge is 2.13. The molecule has 0 atom stereocenters. The maximum atomic E-state index is 13.6.